The monoisotopic (exact) mass is 272 g/mol. The molecule has 1 aromatic rings. The summed E-state index contributed by atoms with van der Waals surface area (Å²) in [7, 11) is 0. The van der Waals surface area contributed by atoms with Crippen LogP contribution in [-0.2, 0) is 6.18 Å². The zero-order valence-corrected chi connectivity index (χ0v) is 11.0. The summed E-state index contributed by atoms with van der Waals surface area (Å²) in [5.74, 6) is 0. The van der Waals surface area contributed by atoms with Crippen molar-refractivity contribution >= 4 is 5.69 Å². The van der Waals surface area contributed by atoms with Crippen molar-refractivity contribution in [3.63, 3.8) is 0 Å². The number of anilines is 1. The molecule has 1 fully saturated rings. The molecule has 1 unspecified atom stereocenters. The van der Waals surface area contributed by atoms with Crippen LogP contribution in [0.5, 0.6) is 0 Å². The molecule has 0 amide bonds. The van der Waals surface area contributed by atoms with E-state index in [2.05, 4.69) is 10.2 Å². The molecule has 0 spiro atoms. The number of hydrogen-bond donors (Lipinski definition) is 1. The lowest BCUT2D eigenvalue weighted by Gasteiger charge is -2.26. The van der Waals surface area contributed by atoms with Crippen molar-refractivity contribution in [1.29, 1.82) is 0 Å². The molecule has 1 atom stereocenters. The van der Waals surface area contributed by atoms with Crippen LogP contribution < -0.4 is 10.2 Å². The Balaban J connectivity index is 2.05. The first-order valence-corrected chi connectivity index (χ1v) is 6.66. The van der Waals surface area contributed by atoms with Gasteiger partial charge in [-0.15, -0.1) is 0 Å². The SMILES string of the molecule is CCN(CC1CCCN1)c1ccc(C(F)(F)F)cc1. The lowest BCUT2D eigenvalue weighted by Crippen LogP contribution is -2.37. The van der Waals surface area contributed by atoms with Gasteiger partial charge in [0.1, 0.15) is 0 Å². The molecule has 106 valence electrons. The molecule has 1 aliphatic heterocycles. The second-order valence-electron chi connectivity index (χ2n) is 4.88. The smallest absolute Gasteiger partial charge is 0.370 e. The van der Waals surface area contributed by atoms with Gasteiger partial charge >= 0.3 is 6.18 Å². The normalized spacial score (nSPS) is 19.7. The fraction of sp³-hybridized carbons (Fsp3) is 0.571. The van der Waals surface area contributed by atoms with E-state index in [1.165, 1.54) is 6.42 Å². The predicted octanol–water partition coefficient (Wildman–Crippen LogP) is 3.28. The van der Waals surface area contributed by atoms with Crippen molar-refractivity contribution in [2.24, 2.45) is 0 Å². The Morgan fingerprint density at radius 3 is 2.42 bits per heavy atom. The minimum atomic E-state index is -4.26. The van der Waals surface area contributed by atoms with Crippen molar-refractivity contribution in [3.8, 4) is 0 Å². The van der Waals surface area contributed by atoms with Crippen LogP contribution in [0.15, 0.2) is 24.3 Å². The van der Waals surface area contributed by atoms with Crippen molar-refractivity contribution in [2.45, 2.75) is 32.0 Å². The van der Waals surface area contributed by atoms with Gasteiger partial charge < -0.3 is 10.2 Å². The summed E-state index contributed by atoms with van der Waals surface area (Å²) in [5, 5.41) is 3.41. The molecule has 1 aliphatic rings. The van der Waals surface area contributed by atoms with Crippen LogP contribution in [0.4, 0.5) is 18.9 Å². The van der Waals surface area contributed by atoms with Gasteiger partial charge in [0.2, 0.25) is 0 Å². The number of alkyl halides is 3. The standard InChI is InChI=1S/C14H19F3N2/c1-2-19(10-12-4-3-9-18-12)13-7-5-11(6-8-13)14(15,16)17/h5-8,12,18H,2-4,9-10H2,1H3. The Morgan fingerprint density at radius 1 is 1.26 bits per heavy atom. The van der Waals surface area contributed by atoms with Gasteiger partial charge in [-0.05, 0) is 50.6 Å². The summed E-state index contributed by atoms with van der Waals surface area (Å²) in [4.78, 5) is 2.11. The third-order valence-electron chi connectivity index (χ3n) is 3.54. The summed E-state index contributed by atoms with van der Waals surface area (Å²) in [6.45, 7) is 4.70. The van der Waals surface area contributed by atoms with Crippen LogP contribution in [0.2, 0.25) is 0 Å². The summed E-state index contributed by atoms with van der Waals surface area (Å²) in [6.07, 6.45) is -1.95. The highest BCUT2D eigenvalue weighted by Gasteiger charge is 2.30. The van der Waals surface area contributed by atoms with Crippen LogP contribution in [0.25, 0.3) is 0 Å². The molecule has 2 nitrogen and oxygen atoms in total. The number of nitrogens with one attached hydrogen (secondary N) is 1. The van der Waals surface area contributed by atoms with Crippen LogP contribution in [-0.4, -0.2) is 25.7 Å². The van der Waals surface area contributed by atoms with E-state index in [0.717, 1.165) is 43.9 Å². The first-order valence-electron chi connectivity index (χ1n) is 6.66. The average molecular weight is 272 g/mol. The number of hydrogen-bond acceptors (Lipinski definition) is 2. The van der Waals surface area contributed by atoms with Crippen LogP contribution in [0.1, 0.15) is 25.3 Å². The maximum Gasteiger partial charge on any atom is 0.416 e. The molecule has 0 aliphatic carbocycles. The van der Waals surface area contributed by atoms with E-state index in [0.29, 0.717) is 6.04 Å². The minimum Gasteiger partial charge on any atom is -0.370 e. The second-order valence-corrected chi connectivity index (χ2v) is 4.88. The predicted molar refractivity (Wildman–Crippen MR) is 70.4 cm³/mol. The van der Waals surface area contributed by atoms with Gasteiger partial charge in [-0.1, -0.05) is 0 Å². The van der Waals surface area contributed by atoms with Crippen molar-refractivity contribution < 1.29 is 13.2 Å². The first kappa shape index (κ1) is 14.2. The molecule has 5 heteroatoms. The zero-order valence-electron chi connectivity index (χ0n) is 11.0. The third kappa shape index (κ3) is 3.62. The van der Waals surface area contributed by atoms with E-state index < -0.39 is 11.7 Å². The molecular formula is C14H19F3N2. The van der Waals surface area contributed by atoms with E-state index in [1.807, 2.05) is 6.92 Å². The Morgan fingerprint density at radius 2 is 1.95 bits per heavy atom. The number of benzene rings is 1. The molecule has 1 heterocycles. The van der Waals surface area contributed by atoms with Gasteiger partial charge in [0.15, 0.2) is 0 Å². The first-order chi connectivity index (χ1) is 9.00. The van der Waals surface area contributed by atoms with E-state index in [9.17, 15) is 13.2 Å². The van der Waals surface area contributed by atoms with Crippen LogP contribution in [0, 0.1) is 0 Å². The van der Waals surface area contributed by atoms with Gasteiger partial charge in [-0.2, -0.15) is 13.2 Å². The highest BCUT2D eigenvalue weighted by molar-refractivity contribution is 5.48. The maximum atomic E-state index is 12.5. The van der Waals surface area contributed by atoms with Gasteiger partial charge in [0, 0.05) is 24.8 Å². The highest BCUT2D eigenvalue weighted by atomic mass is 19.4. The largest absolute Gasteiger partial charge is 0.416 e. The van der Waals surface area contributed by atoms with Gasteiger partial charge in [0.25, 0.3) is 0 Å². The molecule has 1 N–H and O–H groups in total. The second kappa shape index (κ2) is 5.82. The van der Waals surface area contributed by atoms with Gasteiger partial charge in [0.05, 0.1) is 5.56 Å². The summed E-state index contributed by atoms with van der Waals surface area (Å²) in [5.41, 5.74) is 0.260. The molecule has 2 rings (SSSR count). The van der Waals surface area contributed by atoms with E-state index in [4.69, 9.17) is 0 Å². The van der Waals surface area contributed by atoms with E-state index in [1.54, 1.807) is 12.1 Å². The quantitative estimate of drug-likeness (QED) is 0.905. The third-order valence-corrected chi connectivity index (χ3v) is 3.54. The molecule has 1 saturated heterocycles. The molecule has 19 heavy (non-hydrogen) atoms. The van der Waals surface area contributed by atoms with E-state index in [-0.39, 0.29) is 0 Å². The number of likely N-dealkylation sites (N-methyl/N-ethyl adjacent to an activating group) is 1. The molecule has 0 bridgehead atoms. The Kier molecular flexibility index (Phi) is 4.34. The Hall–Kier alpha value is -1.23. The fourth-order valence-corrected chi connectivity index (χ4v) is 2.46. The number of halogens is 3. The topological polar surface area (TPSA) is 15.3 Å². The summed E-state index contributed by atoms with van der Waals surface area (Å²) in [6, 6.07) is 5.87. The lowest BCUT2D eigenvalue weighted by atomic mass is 10.1. The highest BCUT2D eigenvalue weighted by Crippen LogP contribution is 2.30. The average Bonchev–Trinajstić information content (AvgIpc) is 2.88. The number of nitrogens with zero attached hydrogens (tertiary/aromatic N) is 1. The Labute approximate surface area is 111 Å². The Bertz CT molecular complexity index is 394. The summed E-state index contributed by atoms with van der Waals surface area (Å²) >= 11 is 0. The summed E-state index contributed by atoms with van der Waals surface area (Å²) < 4.78 is 37.5. The van der Waals surface area contributed by atoms with Crippen LogP contribution in [0.3, 0.4) is 0 Å². The van der Waals surface area contributed by atoms with Crippen molar-refractivity contribution in [2.75, 3.05) is 24.5 Å². The van der Waals surface area contributed by atoms with Crippen molar-refractivity contribution in [3.05, 3.63) is 29.8 Å². The van der Waals surface area contributed by atoms with Crippen molar-refractivity contribution in [1.82, 2.24) is 5.32 Å². The minimum absolute atomic E-state index is 0.447. The molecule has 0 radical (unpaired) electrons. The fourth-order valence-electron chi connectivity index (χ4n) is 2.46. The van der Waals surface area contributed by atoms with Gasteiger partial charge in [-0.25, -0.2) is 0 Å². The molecule has 0 aromatic heterocycles. The molecular weight excluding hydrogens is 253 g/mol. The molecule has 0 saturated carbocycles. The zero-order chi connectivity index (χ0) is 13.9. The maximum absolute atomic E-state index is 12.5. The van der Waals surface area contributed by atoms with E-state index >= 15 is 0 Å². The lowest BCUT2D eigenvalue weighted by molar-refractivity contribution is -0.137. The molecule has 1 aromatic carbocycles. The van der Waals surface area contributed by atoms with Gasteiger partial charge in [-0.3, -0.25) is 0 Å². The number of rotatable bonds is 4. The van der Waals surface area contributed by atoms with Crippen LogP contribution >= 0.6 is 0 Å².